The van der Waals surface area contributed by atoms with E-state index in [0.717, 1.165) is 16.2 Å². The second kappa shape index (κ2) is 4.81. The Morgan fingerprint density at radius 2 is 2.25 bits per heavy atom. The summed E-state index contributed by atoms with van der Waals surface area (Å²) in [6.45, 7) is 3.31. The van der Waals surface area contributed by atoms with E-state index in [-0.39, 0.29) is 10.0 Å². The second-order valence-corrected chi connectivity index (χ2v) is 6.46. The minimum atomic E-state index is -3.60. The highest BCUT2D eigenvalue weighted by molar-refractivity contribution is 7.91. The highest BCUT2D eigenvalue weighted by Crippen LogP contribution is 2.20. The first kappa shape index (κ1) is 12.9. The molecule has 1 rings (SSSR count). The fraction of sp³-hybridized carbons (Fsp3) is 0.375. The summed E-state index contributed by atoms with van der Waals surface area (Å²) < 4.78 is 26.1. The zero-order chi connectivity index (χ0) is 12.3. The maximum absolute atomic E-state index is 11.8. The first-order valence-corrected chi connectivity index (χ1v) is 6.73. The minimum absolute atomic E-state index is 0.183. The molecule has 0 saturated carbocycles. The third-order valence-electron chi connectivity index (χ3n) is 1.87. The first-order chi connectivity index (χ1) is 7.36. The Kier molecular flexibility index (Phi) is 3.89. The molecule has 0 amide bonds. The van der Waals surface area contributed by atoms with Gasteiger partial charge in [0.25, 0.3) is 10.0 Å². The Balaban J connectivity index is 2.89. The van der Waals surface area contributed by atoms with Gasteiger partial charge in [-0.05, 0) is 26.0 Å². The quantitative estimate of drug-likeness (QED) is 0.318. The molecule has 1 aromatic heterocycles. The highest BCUT2D eigenvalue weighted by Gasteiger charge is 2.20. The zero-order valence-corrected chi connectivity index (χ0v) is 10.5. The number of nitrogens with zero attached hydrogens (tertiary/aromatic N) is 1. The summed E-state index contributed by atoms with van der Waals surface area (Å²) in [7, 11) is -3.60. The lowest BCUT2D eigenvalue weighted by Crippen LogP contribution is -2.42. The monoisotopic (exact) mass is 263 g/mol. The number of rotatable bonds is 4. The van der Waals surface area contributed by atoms with E-state index < -0.39 is 16.1 Å². The van der Waals surface area contributed by atoms with Crippen LogP contribution in [0, 0.1) is 6.92 Å². The van der Waals surface area contributed by atoms with Crippen LogP contribution in [0.5, 0.6) is 0 Å². The SMILES string of the molecule is Cc1ccc(S(=O)(=O)NC(C)/C(N)=N/O)s1. The molecule has 0 aliphatic heterocycles. The van der Waals surface area contributed by atoms with Crippen LogP contribution in [0.1, 0.15) is 11.8 Å². The van der Waals surface area contributed by atoms with E-state index in [4.69, 9.17) is 10.9 Å². The van der Waals surface area contributed by atoms with E-state index in [1.807, 2.05) is 6.92 Å². The molecule has 16 heavy (non-hydrogen) atoms. The van der Waals surface area contributed by atoms with Crippen LogP contribution in [0.15, 0.2) is 21.5 Å². The summed E-state index contributed by atoms with van der Waals surface area (Å²) in [5.41, 5.74) is 5.28. The Bertz CT molecular complexity index is 492. The Hall–Kier alpha value is -1.12. The average molecular weight is 263 g/mol. The summed E-state index contributed by atoms with van der Waals surface area (Å²) in [6.07, 6.45) is 0. The molecule has 0 fully saturated rings. The maximum Gasteiger partial charge on any atom is 0.250 e. The van der Waals surface area contributed by atoms with Gasteiger partial charge in [0.15, 0.2) is 5.84 Å². The Morgan fingerprint density at radius 3 is 2.69 bits per heavy atom. The van der Waals surface area contributed by atoms with Crippen LogP contribution < -0.4 is 10.5 Å². The molecule has 8 heteroatoms. The summed E-state index contributed by atoms with van der Waals surface area (Å²) in [5.74, 6) is -0.183. The molecule has 0 aromatic carbocycles. The molecule has 1 atom stereocenters. The van der Waals surface area contributed by atoms with Crippen molar-refractivity contribution < 1.29 is 13.6 Å². The summed E-state index contributed by atoms with van der Waals surface area (Å²) in [5, 5.41) is 11.1. The number of oxime groups is 1. The van der Waals surface area contributed by atoms with Crippen molar-refractivity contribution in [2.45, 2.75) is 24.1 Å². The summed E-state index contributed by atoms with van der Waals surface area (Å²) >= 11 is 1.16. The van der Waals surface area contributed by atoms with Crippen molar-refractivity contribution in [2.75, 3.05) is 0 Å². The van der Waals surface area contributed by atoms with Crippen molar-refractivity contribution in [3.63, 3.8) is 0 Å². The molecule has 0 radical (unpaired) electrons. The first-order valence-electron chi connectivity index (χ1n) is 4.43. The van der Waals surface area contributed by atoms with Gasteiger partial charge in [-0.15, -0.1) is 11.3 Å². The molecule has 90 valence electrons. The van der Waals surface area contributed by atoms with Crippen molar-refractivity contribution in [3.05, 3.63) is 17.0 Å². The van der Waals surface area contributed by atoms with Gasteiger partial charge in [-0.1, -0.05) is 5.16 Å². The Labute approximate surface area is 97.8 Å². The van der Waals surface area contributed by atoms with E-state index >= 15 is 0 Å². The molecule has 1 unspecified atom stereocenters. The fourth-order valence-corrected chi connectivity index (χ4v) is 3.51. The number of sulfonamides is 1. The van der Waals surface area contributed by atoms with Crippen molar-refractivity contribution >= 4 is 27.2 Å². The lowest BCUT2D eigenvalue weighted by Gasteiger charge is -2.11. The second-order valence-electron chi connectivity index (χ2n) is 3.23. The molecule has 4 N–H and O–H groups in total. The molecule has 0 saturated heterocycles. The van der Waals surface area contributed by atoms with Gasteiger partial charge >= 0.3 is 0 Å². The van der Waals surface area contributed by atoms with Gasteiger partial charge < -0.3 is 10.9 Å². The number of aryl methyl sites for hydroxylation is 1. The zero-order valence-electron chi connectivity index (χ0n) is 8.84. The molecular weight excluding hydrogens is 250 g/mol. The van der Waals surface area contributed by atoms with Gasteiger partial charge in [-0.25, -0.2) is 8.42 Å². The summed E-state index contributed by atoms with van der Waals surface area (Å²) in [6, 6.07) is 2.48. The van der Waals surface area contributed by atoms with Gasteiger partial charge in [0, 0.05) is 4.88 Å². The van der Waals surface area contributed by atoms with Gasteiger partial charge in [-0.2, -0.15) is 4.72 Å². The topological polar surface area (TPSA) is 105 Å². The molecular formula is C8H13N3O3S2. The fourth-order valence-electron chi connectivity index (χ4n) is 0.994. The van der Waals surface area contributed by atoms with E-state index in [2.05, 4.69) is 9.88 Å². The van der Waals surface area contributed by atoms with Crippen LogP contribution >= 0.6 is 11.3 Å². The number of amidine groups is 1. The molecule has 6 nitrogen and oxygen atoms in total. The van der Waals surface area contributed by atoms with Gasteiger partial charge in [0.05, 0.1) is 6.04 Å². The average Bonchev–Trinajstić information content (AvgIpc) is 2.63. The third-order valence-corrected chi connectivity index (χ3v) is 4.90. The minimum Gasteiger partial charge on any atom is -0.409 e. The number of nitrogens with one attached hydrogen (secondary N) is 1. The third kappa shape index (κ3) is 2.94. The normalized spacial score (nSPS) is 15.0. The van der Waals surface area contributed by atoms with Crippen LogP contribution in [-0.4, -0.2) is 25.5 Å². The number of hydrogen-bond donors (Lipinski definition) is 3. The Morgan fingerprint density at radius 1 is 1.62 bits per heavy atom. The lowest BCUT2D eigenvalue weighted by atomic mass is 10.3. The highest BCUT2D eigenvalue weighted by atomic mass is 32.2. The van der Waals surface area contributed by atoms with E-state index in [1.54, 1.807) is 6.07 Å². The predicted molar refractivity (Wildman–Crippen MR) is 62.2 cm³/mol. The van der Waals surface area contributed by atoms with Gasteiger partial charge in [0.1, 0.15) is 4.21 Å². The van der Waals surface area contributed by atoms with E-state index in [9.17, 15) is 8.42 Å². The van der Waals surface area contributed by atoms with Gasteiger partial charge in [0.2, 0.25) is 0 Å². The molecule has 1 aromatic rings. The van der Waals surface area contributed by atoms with Crippen molar-refractivity contribution in [2.24, 2.45) is 10.9 Å². The molecule has 0 aliphatic rings. The van der Waals surface area contributed by atoms with Crippen molar-refractivity contribution in [3.8, 4) is 0 Å². The smallest absolute Gasteiger partial charge is 0.250 e. The molecule has 0 bridgehead atoms. The number of thiophene rings is 1. The number of nitrogens with two attached hydrogens (primary N) is 1. The predicted octanol–water partition coefficient (Wildman–Crippen LogP) is 0.470. The molecule has 0 aliphatic carbocycles. The largest absolute Gasteiger partial charge is 0.409 e. The van der Waals surface area contributed by atoms with Crippen molar-refractivity contribution in [1.29, 1.82) is 0 Å². The lowest BCUT2D eigenvalue weighted by molar-refractivity contribution is 0.316. The van der Waals surface area contributed by atoms with Crippen LogP contribution in [0.2, 0.25) is 0 Å². The van der Waals surface area contributed by atoms with Crippen LogP contribution in [-0.2, 0) is 10.0 Å². The maximum atomic E-state index is 11.8. The van der Waals surface area contributed by atoms with E-state index in [0.29, 0.717) is 0 Å². The number of hydrogen-bond acceptors (Lipinski definition) is 5. The van der Waals surface area contributed by atoms with Gasteiger partial charge in [-0.3, -0.25) is 0 Å². The van der Waals surface area contributed by atoms with Crippen molar-refractivity contribution in [1.82, 2.24) is 4.72 Å². The van der Waals surface area contributed by atoms with Crippen LogP contribution in [0.4, 0.5) is 0 Å². The van der Waals surface area contributed by atoms with Crippen LogP contribution in [0.3, 0.4) is 0 Å². The molecule has 1 heterocycles. The standard InChI is InChI=1S/C8H13N3O3S2/c1-5-3-4-7(15-5)16(13,14)11-6(2)8(9)10-12/h3-4,6,11-12H,1-2H3,(H2,9,10). The van der Waals surface area contributed by atoms with Crippen LogP contribution in [0.25, 0.3) is 0 Å². The molecule has 0 spiro atoms. The summed E-state index contributed by atoms with van der Waals surface area (Å²) in [4.78, 5) is 0.900. The van der Waals surface area contributed by atoms with E-state index in [1.165, 1.54) is 13.0 Å².